The van der Waals surface area contributed by atoms with Gasteiger partial charge in [0.05, 0.1) is 15.7 Å². The van der Waals surface area contributed by atoms with Crippen LogP contribution in [0.25, 0.3) is 0 Å². The molecule has 0 aliphatic carbocycles. The Hall–Kier alpha value is -0.890. The fourth-order valence-corrected chi connectivity index (χ4v) is 3.39. The summed E-state index contributed by atoms with van der Waals surface area (Å²) in [5, 5.41) is 3.97. The molecule has 1 aliphatic rings. The molecule has 0 aromatic heterocycles. The van der Waals surface area contributed by atoms with E-state index in [1.54, 1.807) is 24.3 Å². The number of ether oxygens (including phenoxy) is 2. The quantitative estimate of drug-likeness (QED) is 0.226. The van der Waals surface area contributed by atoms with E-state index in [1.165, 1.54) is 0 Å². The average molecular weight is 513 g/mol. The average Bonchev–Trinajstić information content (AvgIpc) is 2.55. The van der Waals surface area contributed by atoms with Gasteiger partial charge in [0, 0.05) is 29.6 Å². The van der Waals surface area contributed by atoms with Crippen LogP contribution in [0.2, 0.25) is 15.1 Å². The van der Waals surface area contributed by atoms with Crippen molar-refractivity contribution < 1.29 is 14.3 Å². The van der Waals surface area contributed by atoms with Crippen LogP contribution in [0.4, 0.5) is 5.69 Å². The number of unbranched alkanes of at least 4 members (excludes halogenated alkanes) is 1. The molecule has 1 aliphatic heterocycles. The number of amides is 1. The normalized spacial score (nSPS) is 11.8. The number of carbonyl (C=O) groups is 1. The number of nitrogens with one attached hydrogen (secondary N) is 1. The van der Waals surface area contributed by atoms with Gasteiger partial charge in [-0.25, -0.2) is 0 Å². The Balaban J connectivity index is 1.87. The molecule has 132 valence electrons. The van der Waals surface area contributed by atoms with Crippen molar-refractivity contribution in [2.24, 2.45) is 0 Å². The van der Waals surface area contributed by atoms with Crippen LogP contribution < -0.4 is 14.8 Å². The highest BCUT2D eigenvalue weighted by Crippen LogP contribution is 2.51. The van der Waals surface area contributed by atoms with Crippen molar-refractivity contribution in [2.75, 3.05) is 9.74 Å². The summed E-state index contributed by atoms with van der Waals surface area (Å²) in [5.41, 5.74) is 0.457. The summed E-state index contributed by atoms with van der Waals surface area (Å²) in [6.45, 7) is 0. The number of fused-ring (bicyclic) bond motifs is 2. The predicted molar refractivity (Wildman–Crippen MR) is 109 cm³/mol. The van der Waals surface area contributed by atoms with Crippen LogP contribution in [0.3, 0.4) is 0 Å². The Morgan fingerprint density at radius 3 is 2.32 bits per heavy atom. The molecule has 0 bridgehead atoms. The third-order valence-electron chi connectivity index (χ3n) is 3.50. The smallest absolute Gasteiger partial charge is 0.224 e. The van der Waals surface area contributed by atoms with Crippen LogP contribution in [-0.4, -0.2) is 10.3 Å². The third-order valence-corrected chi connectivity index (χ3v) is 5.20. The first-order valence-electron chi connectivity index (χ1n) is 7.52. The van der Waals surface area contributed by atoms with Crippen molar-refractivity contribution in [1.82, 2.24) is 0 Å². The van der Waals surface area contributed by atoms with Gasteiger partial charge in [0.1, 0.15) is 0 Å². The van der Waals surface area contributed by atoms with Crippen LogP contribution in [0.5, 0.6) is 23.0 Å². The molecule has 0 radical (unpaired) electrons. The van der Waals surface area contributed by atoms with E-state index < -0.39 is 0 Å². The number of benzene rings is 2. The molecule has 0 unspecified atom stereocenters. The number of alkyl halides is 1. The maximum atomic E-state index is 12.1. The van der Waals surface area contributed by atoms with Crippen molar-refractivity contribution in [3.05, 3.63) is 39.3 Å². The first kappa shape index (κ1) is 18.9. The number of halogens is 4. The summed E-state index contributed by atoms with van der Waals surface area (Å²) in [6, 6.07) is 6.39. The minimum absolute atomic E-state index is 0.0992. The zero-order valence-corrected chi connectivity index (χ0v) is 17.3. The van der Waals surface area contributed by atoms with Gasteiger partial charge in [-0.2, -0.15) is 0 Å². The Morgan fingerprint density at radius 2 is 1.64 bits per heavy atom. The second-order valence-corrected chi connectivity index (χ2v) is 7.72. The molecule has 1 amide bonds. The van der Waals surface area contributed by atoms with E-state index in [1.807, 2.05) is 0 Å². The fourth-order valence-electron chi connectivity index (χ4n) is 2.33. The van der Waals surface area contributed by atoms with E-state index in [0.717, 1.165) is 17.3 Å². The molecule has 3 rings (SSSR count). The molecule has 8 heteroatoms. The van der Waals surface area contributed by atoms with Crippen LogP contribution in [-0.2, 0) is 4.79 Å². The maximum absolute atomic E-state index is 12.1. The largest absolute Gasteiger partial charge is 0.449 e. The fraction of sp³-hybridized carbons (Fsp3) is 0.235. The van der Waals surface area contributed by atoms with Crippen molar-refractivity contribution in [1.29, 1.82) is 0 Å². The van der Waals surface area contributed by atoms with E-state index in [2.05, 4.69) is 27.9 Å². The lowest BCUT2D eigenvalue weighted by Gasteiger charge is -2.23. The molecule has 0 spiro atoms. The van der Waals surface area contributed by atoms with Gasteiger partial charge in [-0.15, -0.1) is 0 Å². The number of carbonyl (C=O) groups excluding carboxylic acids is 1. The van der Waals surface area contributed by atoms with Crippen molar-refractivity contribution in [2.45, 2.75) is 19.3 Å². The van der Waals surface area contributed by atoms with Crippen molar-refractivity contribution in [3.8, 4) is 23.0 Å². The van der Waals surface area contributed by atoms with Crippen LogP contribution in [0, 0.1) is 0 Å². The molecule has 2 aromatic rings. The molecule has 4 nitrogen and oxygen atoms in total. The molecule has 0 saturated carbocycles. The molecular weight excluding hydrogens is 499 g/mol. The van der Waals surface area contributed by atoms with E-state index >= 15 is 0 Å². The van der Waals surface area contributed by atoms with Gasteiger partial charge in [-0.3, -0.25) is 4.79 Å². The number of rotatable bonds is 5. The van der Waals surface area contributed by atoms with Crippen LogP contribution >= 0.6 is 57.4 Å². The molecule has 25 heavy (non-hydrogen) atoms. The topological polar surface area (TPSA) is 47.6 Å². The molecule has 0 fully saturated rings. The predicted octanol–water partition coefficient (Wildman–Crippen LogP) is 7.09. The minimum Gasteiger partial charge on any atom is -0.449 e. The summed E-state index contributed by atoms with van der Waals surface area (Å²) in [7, 11) is 0. The highest BCUT2D eigenvalue weighted by molar-refractivity contribution is 14.1. The summed E-state index contributed by atoms with van der Waals surface area (Å²) in [4.78, 5) is 12.1. The summed E-state index contributed by atoms with van der Waals surface area (Å²) < 4.78 is 12.7. The Bertz CT molecular complexity index is 829. The van der Waals surface area contributed by atoms with Gasteiger partial charge in [-0.05, 0) is 23.3 Å². The first-order chi connectivity index (χ1) is 12.0. The lowest BCUT2D eigenvalue weighted by Crippen LogP contribution is -2.13. The van der Waals surface area contributed by atoms with Crippen LogP contribution in [0.15, 0.2) is 24.3 Å². The van der Waals surface area contributed by atoms with E-state index in [0.29, 0.717) is 50.2 Å². The molecule has 0 atom stereocenters. The van der Waals surface area contributed by atoms with Crippen molar-refractivity contribution in [3.63, 3.8) is 0 Å². The maximum Gasteiger partial charge on any atom is 0.224 e. The first-order valence-corrected chi connectivity index (χ1v) is 10.2. The highest BCUT2D eigenvalue weighted by Gasteiger charge is 2.25. The zero-order chi connectivity index (χ0) is 18.0. The lowest BCUT2D eigenvalue weighted by molar-refractivity contribution is -0.116. The van der Waals surface area contributed by atoms with Gasteiger partial charge >= 0.3 is 0 Å². The second-order valence-electron chi connectivity index (χ2n) is 5.39. The third kappa shape index (κ3) is 4.45. The van der Waals surface area contributed by atoms with Gasteiger partial charge in [-0.1, -0.05) is 57.4 Å². The molecule has 2 aromatic carbocycles. The highest BCUT2D eigenvalue weighted by atomic mass is 127. The van der Waals surface area contributed by atoms with Gasteiger partial charge in [0.15, 0.2) is 23.0 Å². The number of hydrogen-bond acceptors (Lipinski definition) is 3. The molecule has 1 heterocycles. The monoisotopic (exact) mass is 511 g/mol. The molecule has 1 N–H and O–H groups in total. The molecular formula is C17H13Cl3INO3. The summed E-state index contributed by atoms with van der Waals surface area (Å²) >= 11 is 20.5. The van der Waals surface area contributed by atoms with Crippen LogP contribution in [0.1, 0.15) is 19.3 Å². The lowest BCUT2D eigenvalue weighted by atomic mass is 10.2. The minimum atomic E-state index is -0.0992. The standard InChI is InChI=1S/C17H13Cl3INO3/c18-9-5-12(22-16(23)3-1-2-4-21)17-15(6-9)24-13-7-10(19)11(20)8-14(13)25-17/h5-8H,1-4H2,(H,22,23). The van der Waals surface area contributed by atoms with Gasteiger partial charge < -0.3 is 14.8 Å². The van der Waals surface area contributed by atoms with E-state index in [4.69, 9.17) is 44.3 Å². The van der Waals surface area contributed by atoms with E-state index in [9.17, 15) is 4.79 Å². The van der Waals surface area contributed by atoms with Crippen molar-refractivity contribution >= 4 is 69.0 Å². The summed E-state index contributed by atoms with van der Waals surface area (Å²) in [6.07, 6.45) is 2.25. The van der Waals surface area contributed by atoms with Gasteiger partial charge in [0.2, 0.25) is 5.91 Å². The Morgan fingerprint density at radius 1 is 0.960 bits per heavy atom. The Kier molecular flexibility index (Phi) is 6.20. The molecule has 0 saturated heterocycles. The van der Waals surface area contributed by atoms with Gasteiger partial charge in [0.25, 0.3) is 0 Å². The zero-order valence-electron chi connectivity index (χ0n) is 12.9. The van der Waals surface area contributed by atoms with E-state index in [-0.39, 0.29) is 5.91 Å². The second kappa shape index (κ2) is 8.20. The number of hydrogen-bond donors (Lipinski definition) is 1. The number of anilines is 1. The Labute approximate surface area is 173 Å². The summed E-state index contributed by atoms with van der Waals surface area (Å²) in [5.74, 6) is 1.55. The SMILES string of the molecule is O=C(CCCCI)Nc1cc(Cl)cc2c1Oc1cc(Cl)c(Cl)cc1O2.